The number of thiazole rings is 1. The SMILES string of the molecule is Cc1ncsc1-c1ccc([C@H](C)NC(=O)[C@@H]2C[C@@H](O)CN2C(=O)C(NC(=O)C2(F)CC2)C(C)(C)SCC2CCNCC2)cc1. The molecule has 1 unspecified atom stereocenters. The topological polar surface area (TPSA) is 124 Å². The van der Waals surface area contributed by atoms with Crippen molar-refractivity contribution < 1.29 is 23.9 Å². The van der Waals surface area contributed by atoms with Crippen LogP contribution in [0, 0.1) is 12.8 Å². The van der Waals surface area contributed by atoms with Gasteiger partial charge in [-0.05, 0) is 89.3 Å². The Bertz CT molecular complexity index is 1340. The summed E-state index contributed by atoms with van der Waals surface area (Å²) in [6.45, 7) is 9.49. The van der Waals surface area contributed by atoms with Crippen LogP contribution in [0.3, 0.4) is 0 Å². The summed E-state index contributed by atoms with van der Waals surface area (Å²) in [5, 5.41) is 19.7. The third kappa shape index (κ3) is 7.46. The summed E-state index contributed by atoms with van der Waals surface area (Å²) in [5.41, 5.74) is 2.79. The van der Waals surface area contributed by atoms with Crippen molar-refractivity contribution in [3.8, 4) is 10.4 Å². The monoisotopic (exact) mass is 645 g/mol. The van der Waals surface area contributed by atoms with Crippen LogP contribution in [0.15, 0.2) is 29.8 Å². The smallest absolute Gasteiger partial charge is 0.258 e. The Morgan fingerprint density at radius 1 is 1.20 bits per heavy atom. The standard InChI is InChI=1S/C32H44FN5O4S2/c1-19(22-5-7-23(8-6-22)26-20(2)35-18-43-26)36-28(40)25-15-24(39)16-38(25)29(41)27(37-30(42)32(33)11-12-32)31(3,4)44-17-21-9-13-34-14-10-21/h5-8,18-19,21,24-25,27,34,39H,9-17H2,1-4H3,(H,36,40)(H,37,42)/t19-,24+,25-,27?/m0/s1. The summed E-state index contributed by atoms with van der Waals surface area (Å²) >= 11 is 3.17. The van der Waals surface area contributed by atoms with Crippen molar-refractivity contribution in [3.05, 3.63) is 41.0 Å². The molecule has 4 atom stereocenters. The Labute approximate surface area is 267 Å². The lowest BCUT2D eigenvalue weighted by Crippen LogP contribution is -2.61. The summed E-state index contributed by atoms with van der Waals surface area (Å²) in [5.74, 6) is -0.340. The van der Waals surface area contributed by atoms with E-state index in [1.54, 1.807) is 23.1 Å². The van der Waals surface area contributed by atoms with Gasteiger partial charge in [0.25, 0.3) is 5.91 Å². The highest BCUT2D eigenvalue weighted by Crippen LogP contribution is 2.41. The maximum atomic E-state index is 14.8. The Hall–Kier alpha value is -2.54. The average Bonchev–Trinajstić information content (AvgIpc) is 3.41. The van der Waals surface area contributed by atoms with Crippen molar-refractivity contribution >= 4 is 40.8 Å². The number of halogens is 1. The molecule has 3 fully saturated rings. The number of carbonyl (C=O) groups excluding carboxylic acids is 3. The lowest BCUT2D eigenvalue weighted by atomic mass is 9.99. The number of aliphatic hydroxyl groups is 1. The van der Waals surface area contributed by atoms with Crippen molar-refractivity contribution in [1.29, 1.82) is 0 Å². The third-order valence-corrected chi connectivity index (χ3v) is 11.7. The highest BCUT2D eigenvalue weighted by Gasteiger charge is 2.54. The highest BCUT2D eigenvalue weighted by molar-refractivity contribution is 8.00. The molecular weight excluding hydrogens is 602 g/mol. The minimum atomic E-state index is -1.95. The number of amides is 3. The maximum absolute atomic E-state index is 14.8. The minimum absolute atomic E-state index is 0.0314. The molecule has 0 spiro atoms. The van der Waals surface area contributed by atoms with E-state index in [0.717, 1.165) is 53.4 Å². The number of likely N-dealkylation sites (tertiary alicyclic amines) is 1. The van der Waals surface area contributed by atoms with Crippen molar-refractivity contribution in [3.63, 3.8) is 0 Å². The molecule has 1 saturated carbocycles. The Morgan fingerprint density at radius 2 is 1.89 bits per heavy atom. The molecule has 1 aromatic carbocycles. The van der Waals surface area contributed by atoms with Gasteiger partial charge in [-0.15, -0.1) is 11.3 Å². The van der Waals surface area contributed by atoms with Crippen LogP contribution >= 0.6 is 23.1 Å². The van der Waals surface area contributed by atoms with E-state index in [1.807, 2.05) is 57.5 Å². The van der Waals surface area contributed by atoms with Crippen molar-refractivity contribution in [1.82, 2.24) is 25.8 Å². The molecule has 240 valence electrons. The number of carbonyl (C=O) groups is 3. The summed E-state index contributed by atoms with van der Waals surface area (Å²) < 4.78 is 14.0. The van der Waals surface area contributed by atoms with Crippen molar-refractivity contribution in [2.75, 3.05) is 25.4 Å². The Kier molecular flexibility index (Phi) is 10.0. The quantitative estimate of drug-likeness (QED) is 0.294. The van der Waals surface area contributed by atoms with E-state index in [1.165, 1.54) is 4.90 Å². The number of aryl methyl sites for hydroxylation is 1. The van der Waals surface area contributed by atoms with Gasteiger partial charge in [0.1, 0.15) is 12.1 Å². The van der Waals surface area contributed by atoms with E-state index in [-0.39, 0.29) is 37.8 Å². The molecule has 1 aromatic heterocycles. The van der Waals surface area contributed by atoms with E-state index in [2.05, 4.69) is 20.9 Å². The zero-order valence-electron chi connectivity index (χ0n) is 25.9. The fourth-order valence-electron chi connectivity index (χ4n) is 5.96. The number of benzene rings is 1. The molecule has 44 heavy (non-hydrogen) atoms. The molecule has 4 N–H and O–H groups in total. The van der Waals surface area contributed by atoms with Gasteiger partial charge in [0, 0.05) is 17.7 Å². The predicted octanol–water partition coefficient (Wildman–Crippen LogP) is 3.76. The largest absolute Gasteiger partial charge is 0.391 e. The number of β-amino-alcohol motifs (C(OH)–C–C–N with tert-alkyl or cyclic N) is 1. The number of aromatic nitrogens is 1. The van der Waals surface area contributed by atoms with Crippen LogP contribution in [0.4, 0.5) is 4.39 Å². The van der Waals surface area contributed by atoms with Crippen LogP contribution in [0.25, 0.3) is 10.4 Å². The average molecular weight is 646 g/mol. The first-order valence-corrected chi connectivity index (χ1v) is 17.4. The summed E-state index contributed by atoms with van der Waals surface area (Å²) in [4.78, 5) is 47.5. The molecule has 3 aliphatic rings. The van der Waals surface area contributed by atoms with Gasteiger partial charge in [0.2, 0.25) is 11.8 Å². The number of rotatable bonds is 11. The highest BCUT2D eigenvalue weighted by atomic mass is 32.2. The van der Waals surface area contributed by atoms with E-state index >= 15 is 0 Å². The molecular formula is C32H44FN5O4S2. The molecule has 0 bridgehead atoms. The van der Waals surface area contributed by atoms with Crippen LogP contribution in [-0.4, -0.2) is 86.7 Å². The lowest BCUT2D eigenvalue weighted by molar-refractivity contribution is -0.143. The van der Waals surface area contributed by atoms with Gasteiger partial charge in [0.15, 0.2) is 5.67 Å². The second kappa shape index (κ2) is 13.4. The molecule has 2 aliphatic heterocycles. The van der Waals surface area contributed by atoms with Gasteiger partial charge in [-0.2, -0.15) is 11.8 Å². The number of aliphatic hydroxyl groups excluding tert-OH is 1. The first-order chi connectivity index (χ1) is 20.9. The lowest BCUT2D eigenvalue weighted by Gasteiger charge is -2.38. The molecule has 9 nitrogen and oxygen atoms in total. The van der Waals surface area contributed by atoms with Gasteiger partial charge in [-0.3, -0.25) is 14.4 Å². The number of alkyl halides is 1. The van der Waals surface area contributed by atoms with Gasteiger partial charge in [-0.1, -0.05) is 24.3 Å². The van der Waals surface area contributed by atoms with Crippen molar-refractivity contribution in [2.45, 2.75) is 94.4 Å². The number of hydrogen-bond acceptors (Lipinski definition) is 8. The van der Waals surface area contributed by atoms with Gasteiger partial charge in [0.05, 0.1) is 28.2 Å². The Morgan fingerprint density at radius 3 is 2.50 bits per heavy atom. The van der Waals surface area contributed by atoms with Gasteiger partial charge < -0.3 is 26.0 Å². The van der Waals surface area contributed by atoms with E-state index in [9.17, 15) is 23.9 Å². The molecule has 3 amide bonds. The molecule has 5 rings (SSSR count). The fourth-order valence-corrected chi connectivity index (χ4v) is 8.10. The van der Waals surface area contributed by atoms with Crippen LogP contribution in [0.1, 0.15) is 70.2 Å². The van der Waals surface area contributed by atoms with Crippen LogP contribution in [0.2, 0.25) is 0 Å². The third-order valence-electron chi connectivity index (χ3n) is 9.11. The summed E-state index contributed by atoms with van der Waals surface area (Å²) in [7, 11) is 0. The molecule has 2 aromatic rings. The first kappa shape index (κ1) is 32.8. The molecule has 0 radical (unpaired) electrons. The minimum Gasteiger partial charge on any atom is -0.391 e. The van der Waals surface area contributed by atoms with Crippen LogP contribution in [-0.2, 0) is 14.4 Å². The van der Waals surface area contributed by atoms with Crippen LogP contribution in [0.5, 0.6) is 0 Å². The number of hydrogen-bond donors (Lipinski definition) is 4. The van der Waals surface area contributed by atoms with E-state index in [0.29, 0.717) is 5.92 Å². The Balaban J connectivity index is 1.29. The maximum Gasteiger partial charge on any atom is 0.258 e. The zero-order chi connectivity index (χ0) is 31.6. The zero-order valence-corrected chi connectivity index (χ0v) is 27.5. The van der Waals surface area contributed by atoms with Crippen molar-refractivity contribution in [2.24, 2.45) is 5.92 Å². The summed E-state index contributed by atoms with van der Waals surface area (Å²) in [6.07, 6.45) is 1.55. The van der Waals surface area contributed by atoms with E-state index < -0.39 is 40.4 Å². The number of nitrogens with one attached hydrogen (secondary N) is 3. The molecule has 12 heteroatoms. The predicted molar refractivity (Wildman–Crippen MR) is 172 cm³/mol. The van der Waals surface area contributed by atoms with Crippen LogP contribution < -0.4 is 16.0 Å². The van der Waals surface area contributed by atoms with E-state index in [4.69, 9.17) is 0 Å². The summed E-state index contributed by atoms with van der Waals surface area (Å²) in [6, 6.07) is 5.61. The number of piperidine rings is 1. The first-order valence-electron chi connectivity index (χ1n) is 15.5. The fraction of sp³-hybridized carbons (Fsp3) is 0.625. The second-order valence-corrected chi connectivity index (χ2v) is 15.5. The van der Waals surface area contributed by atoms with Gasteiger partial charge >= 0.3 is 0 Å². The molecule has 2 saturated heterocycles. The number of thioether (sulfide) groups is 1. The normalized spacial score (nSPS) is 23.2. The molecule has 3 heterocycles. The number of nitrogens with zero attached hydrogens (tertiary/aromatic N) is 2. The molecule has 1 aliphatic carbocycles. The second-order valence-electron chi connectivity index (χ2n) is 13.0. The van der Waals surface area contributed by atoms with Gasteiger partial charge in [-0.25, -0.2) is 9.37 Å².